The molecule has 1 aliphatic heterocycles. The number of fused-ring (bicyclic) bond motifs is 1. The van der Waals surface area contributed by atoms with Gasteiger partial charge in [0.25, 0.3) is 5.56 Å². The summed E-state index contributed by atoms with van der Waals surface area (Å²) in [4.78, 5) is 24.6. The Morgan fingerprint density at radius 2 is 2.22 bits per heavy atom. The third kappa shape index (κ3) is 2.88. The third-order valence-electron chi connectivity index (χ3n) is 2.62. The average Bonchev–Trinajstić information content (AvgIpc) is 2.26. The van der Waals surface area contributed by atoms with E-state index in [9.17, 15) is 9.59 Å². The highest BCUT2D eigenvalue weighted by molar-refractivity contribution is 5.68. The summed E-state index contributed by atoms with van der Waals surface area (Å²) >= 11 is 0. The first-order valence-corrected chi connectivity index (χ1v) is 5.90. The fourth-order valence-corrected chi connectivity index (χ4v) is 1.82. The van der Waals surface area contributed by atoms with Crippen LogP contribution >= 0.6 is 0 Å². The van der Waals surface area contributed by atoms with Crippen molar-refractivity contribution in [2.75, 3.05) is 6.54 Å². The van der Waals surface area contributed by atoms with Crippen molar-refractivity contribution < 1.29 is 9.53 Å². The molecule has 0 unspecified atom stereocenters. The highest BCUT2D eigenvalue weighted by atomic mass is 16.6. The van der Waals surface area contributed by atoms with Gasteiger partial charge in [0.2, 0.25) is 0 Å². The lowest BCUT2D eigenvalue weighted by atomic mass is 10.1. The second-order valence-corrected chi connectivity index (χ2v) is 5.36. The summed E-state index contributed by atoms with van der Waals surface area (Å²) in [5.74, 6) is 0. The molecule has 1 aromatic heterocycles. The predicted molar refractivity (Wildman–Crippen MR) is 65.2 cm³/mol. The lowest BCUT2D eigenvalue weighted by molar-refractivity contribution is 0.0220. The average molecular weight is 251 g/mol. The van der Waals surface area contributed by atoms with Crippen LogP contribution in [0.4, 0.5) is 4.79 Å². The van der Waals surface area contributed by atoms with Gasteiger partial charge in [-0.05, 0) is 32.8 Å². The SMILES string of the molecule is CC(C)(C)OC(=O)N1CCc2cc(=O)[nH]nc2C1. The molecule has 0 spiro atoms. The van der Waals surface area contributed by atoms with Crippen LogP contribution in [0.3, 0.4) is 0 Å². The van der Waals surface area contributed by atoms with Crippen LogP contribution in [-0.2, 0) is 17.7 Å². The zero-order valence-corrected chi connectivity index (χ0v) is 10.8. The molecule has 18 heavy (non-hydrogen) atoms. The van der Waals surface area contributed by atoms with E-state index in [-0.39, 0.29) is 11.7 Å². The summed E-state index contributed by atoms with van der Waals surface area (Å²) in [5, 5.41) is 6.34. The fraction of sp³-hybridized carbons (Fsp3) is 0.583. The first-order chi connectivity index (χ1) is 8.35. The topological polar surface area (TPSA) is 75.3 Å². The normalized spacial score (nSPS) is 15.2. The summed E-state index contributed by atoms with van der Waals surface area (Å²) in [6, 6.07) is 1.54. The van der Waals surface area contributed by atoms with Gasteiger partial charge in [-0.25, -0.2) is 9.89 Å². The molecule has 0 fully saturated rings. The van der Waals surface area contributed by atoms with Gasteiger partial charge in [0, 0.05) is 12.6 Å². The van der Waals surface area contributed by atoms with Crippen molar-refractivity contribution >= 4 is 6.09 Å². The highest BCUT2D eigenvalue weighted by Crippen LogP contribution is 2.17. The van der Waals surface area contributed by atoms with Crippen molar-refractivity contribution in [2.24, 2.45) is 0 Å². The summed E-state index contributed by atoms with van der Waals surface area (Å²) in [7, 11) is 0. The second kappa shape index (κ2) is 4.44. The molecule has 1 amide bonds. The number of aromatic amines is 1. The van der Waals surface area contributed by atoms with E-state index in [0.717, 1.165) is 11.3 Å². The molecule has 0 saturated heterocycles. The molecule has 0 radical (unpaired) electrons. The van der Waals surface area contributed by atoms with E-state index >= 15 is 0 Å². The zero-order valence-electron chi connectivity index (χ0n) is 10.8. The molecule has 0 aromatic carbocycles. The van der Waals surface area contributed by atoms with Gasteiger partial charge < -0.3 is 9.64 Å². The van der Waals surface area contributed by atoms with E-state index in [1.54, 1.807) is 4.90 Å². The van der Waals surface area contributed by atoms with E-state index in [4.69, 9.17) is 4.74 Å². The molecular weight excluding hydrogens is 234 g/mol. The van der Waals surface area contributed by atoms with Crippen molar-refractivity contribution in [2.45, 2.75) is 39.3 Å². The Hall–Kier alpha value is -1.85. The Labute approximate surface area is 105 Å². The van der Waals surface area contributed by atoms with Crippen LogP contribution in [0.2, 0.25) is 0 Å². The van der Waals surface area contributed by atoms with Gasteiger partial charge in [-0.3, -0.25) is 4.79 Å². The summed E-state index contributed by atoms with van der Waals surface area (Å²) in [6.07, 6.45) is 0.284. The molecule has 0 saturated carbocycles. The van der Waals surface area contributed by atoms with Gasteiger partial charge in [0.1, 0.15) is 5.60 Å². The van der Waals surface area contributed by atoms with Crippen LogP contribution in [0.5, 0.6) is 0 Å². The number of carbonyl (C=O) groups excluding carboxylic acids is 1. The van der Waals surface area contributed by atoms with Crippen LogP contribution in [0.25, 0.3) is 0 Å². The fourth-order valence-electron chi connectivity index (χ4n) is 1.82. The number of carbonyl (C=O) groups is 1. The predicted octanol–water partition coefficient (Wildman–Crippen LogP) is 1.06. The smallest absolute Gasteiger partial charge is 0.410 e. The third-order valence-corrected chi connectivity index (χ3v) is 2.62. The Bertz CT molecular complexity index is 516. The van der Waals surface area contributed by atoms with Crippen molar-refractivity contribution in [3.8, 4) is 0 Å². The zero-order chi connectivity index (χ0) is 13.3. The highest BCUT2D eigenvalue weighted by Gasteiger charge is 2.26. The van der Waals surface area contributed by atoms with E-state index in [2.05, 4.69) is 10.2 Å². The van der Waals surface area contributed by atoms with Crippen molar-refractivity contribution in [3.05, 3.63) is 27.7 Å². The van der Waals surface area contributed by atoms with Gasteiger partial charge in [0.15, 0.2) is 0 Å². The Balaban J connectivity index is 2.10. The molecule has 0 bridgehead atoms. The molecule has 2 rings (SSSR count). The molecule has 2 heterocycles. The second-order valence-electron chi connectivity index (χ2n) is 5.36. The van der Waals surface area contributed by atoms with Crippen molar-refractivity contribution in [1.82, 2.24) is 15.1 Å². The maximum Gasteiger partial charge on any atom is 0.410 e. The lowest BCUT2D eigenvalue weighted by Gasteiger charge is -2.30. The molecule has 0 aliphatic carbocycles. The number of ether oxygens (including phenoxy) is 1. The molecular formula is C12H17N3O3. The summed E-state index contributed by atoms with van der Waals surface area (Å²) < 4.78 is 5.30. The first-order valence-electron chi connectivity index (χ1n) is 5.90. The largest absolute Gasteiger partial charge is 0.444 e. The number of H-pyrrole nitrogens is 1. The van der Waals surface area contributed by atoms with E-state index in [0.29, 0.717) is 19.5 Å². The number of hydrogen-bond acceptors (Lipinski definition) is 4. The number of rotatable bonds is 0. The number of amides is 1. The van der Waals surface area contributed by atoms with Crippen LogP contribution in [0.1, 0.15) is 32.0 Å². The molecule has 6 heteroatoms. The van der Waals surface area contributed by atoms with Gasteiger partial charge in [-0.2, -0.15) is 5.10 Å². The molecule has 0 atom stereocenters. The van der Waals surface area contributed by atoms with E-state index < -0.39 is 5.60 Å². The monoisotopic (exact) mass is 251 g/mol. The maximum atomic E-state index is 11.9. The number of hydrogen-bond donors (Lipinski definition) is 1. The molecule has 1 N–H and O–H groups in total. The maximum absolute atomic E-state index is 11.9. The van der Waals surface area contributed by atoms with E-state index in [1.165, 1.54) is 6.07 Å². The number of nitrogens with zero attached hydrogens (tertiary/aromatic N) is 2. The van der Waals surface area contributed by atoms with Crippen LogP contribution in [0, 0.1) is 0 Å². The summed E-state index contributed by atoms with van der Waals surface area (Å²) in [6.45, 7) is 6.42. The minimum atomic E-state index is -0.504. The van der Waals surface area contributed by atoms with Gasteiger partial charge in [-0.15, -0.1) is 0 Å². The van der Waals surface area contributed by atoms with Crippen LogP contribution in [0.15, 0.2) is 10.9 Å². The van der Waals surface area contributed by atoms with Crippen molar-refractivity contribution in [3.63, 3.8) is 0 Å². The van der Waals surface area contributed by atoms with Gasteiger partial charge in [-0.1, -0.05) is 0 Å². The number of aromatic nitrogens is 2. The van der Waals surface area contributed by atoms with Crippen LogP contribution < -0.4 is 5.56 Å². The quantitative estimate of drug-likeness (QED) is 0.748. The molecule has 1 aliphatic rings. The number of nitrogens with one attached hydrogen (secondary N) is 1. The van der Waals surface area contributed by atoms with Crippen LogP contribution in [-0.4, -0.2) is 33.3 Å². The van der Waals surface area contributed by atoms with Gasteiger partial charge in [0.05, 0.1) is 12.2 Å². The standard InChI is InChI=1S/C12H17N3O3/c1-12(2,3)18-11(17)15-5-4-8-6-10(16)14-13-9(8)7-15/h6H,4-5,7H2,1-3H3,(H,14,16). The van der Waals surface area contributed by atoms with Crippen molar-refractivity contribution in [1.29, 1.82) is 0 Å². The minimum absolute atomic E-state index is 0.209. The molecule has 1 aromatic rings. The molecule has 98 valence electrons. The Morgan fingerprint density at radius 3 is 2.89 bits per heavy atom. The molecule has 6 nitrogen and oxygen atoms in total. The first kappa shape index (κ1) is 12.6. The Morgan fingerprint density at radius 1 is 1.50 bits per heavy atom. The summed E-state index contributed by atoms with van der Waals surface area (Å²) in [5.41, 5.74) is 0.917. The van der Waals surface area contributed by atoms with E-state index in [1.807, 2.05) is 20.8 Å². The minimum Gasteiger partial charge on any atom is -0.444 e. The Kier molecular flexibility index (Phi) is 3.11. The van der Waals surface area contributed by atoms with Gasteiger partial charge >= 0.3 is 6.09 Å². The lowest BCUT2D eigenvalue weighted by Crippen LogP contribution is -2.40.